The van der Waals surface area contributed by atoms with Gasteiger partial charge in [0.25, 0.3) is 0 Å². The van der Waals surface area contributed by atoms with Crippen molar-refractivity contribution in [2.24, 2.45) is 5.41 Å². The van der Waals surface area contributed by atoms with E-state index < -0.39 is 11.4 Å². The second kappa shape index (κ2) is 6.45. The van der Waals surface area contributed by atoms with E-state index in [2.05, 4.69) is 20.5 Å². The Balaban J connectivity index is 2.81. The van der Waals surface area contributed by atoms with Gasteiger partial charge in [0.05, 0.1) is 16.8 Å². The molecule has 0 amide bonds. The van der Waals surface area contributed by atoms with Crippen LogP contribution in [0.25, 0.3) is 0 Å². The van der Waals surface area contributed by atoms with Gasteiger partial charge in [0, 0.05) is 6.54 Å². The summed E-state index contributed by atoms with van der Waals surface area (Å²) in [5.41, 5.74) is 0.983. The highest BCUT2D eigenvalue weighted by atomic mass is 16.4. The molecule has 0 aliphatic carbocycles. The molecular weight excluding hydrogens is 244 g/mol. The number of anilines is 1. The zero-order valence-electron chi connectivity index (χ0n) is 12.0. The lowest BCUT2D eigenvalue weighted by atomic mass is 9.88. The summed E-state index contributed by atoms with van der Waals surface area (Å²) in [6.45, 7) is 7.87. The Morgan fingerprint density at radius 1 is 1.21 bits per heavy atom. The molecule has 0 fully saturated rings. The number of carbonyl (C=O) groups is 1. The highest BCUT2D eigenvalue weighted by molar-refractivity contribution is 5.74. The van der Waals surface area contributed by atoms with Gasteiger partial charge in [-0.25, -0.2) is 4.98 Å². The number of rotatable bonds is 7. The molecule has 6 heteroatoms. The molecule has 1 atom stereocenters. The molecule has 0 saturated heterocycles. The molecule has 1 heterocycles. The first kappa shape index (κ1) is 15.3. The summed E-state index contributed by atoms with van der Waals surface area (Å²) in [5.74, 6) is -0.425. The van der Waals surface area contributed by atoms with Crippen LogP contribution in [-0.4, -0.2) is 32.8 Å². The summed E-state index contributed by atoms with van der Waals surface area (Å²) < 4.78 is 0. The van der Waals surface area contributed by atoms with Gasteiger partial charge in [-0.1, -0.05) is 20.8 Å². The lowest BCUT2D eigenvalue weighted by Crippen LogP contribution is -2.34. The molecule has 0 radical (unpaired) electrons. The second-order valence-corrected chi connectivity index (χ2v) is 4.81. The lowest BCUT2D eigenvalue weighted by Gasteiger charge is -2.23. The first-order valence-corrected chi connectivity index (χ1v) is 6.66. The lowest BCUT2D eigenvalue weighted by molar-refractivity contribution is -0.147. The predicted molar refractivity (Wildman–Crippen MR) is 73.1 cm³/mol. The Bertz CT molecular complexity index is 450. The van der Waals surface area contributed by atoms with Crippen molar-refractivity contribution in [2.75, 3.05) is 11.9 Å². The molecule has 1 unspecified atom stereocenters. The van der Waals surface area contributed by atoms with Gasteiger partial charge in [-0.05, 0) is 26.2 Å². The molecule has 0 aliphatic heterocycles. The maximum absolute atomic E-state index is 11.2. The summed E-state index contributed by atoms with van der Waals surface area (Å²) >= 11 is 0. The molecule has 1 rings (SSSR count). The highest BCUT2D eigenvalue weighted by Crippen LogP contribution is 2.21. The molecule has 1 aromatic heterocycles. The summed E-state index contributed by atoms with van der Waals surface area (Å²) in [7, 11) is 0. The fourth-order valence-corrected chi connectivity index (χ4v) is 1.64. The van der Waals surface area contributed by atoms with Gasteiger partial charge in [0.15, 0.2) is 0 Å². The molecule has 0 aliphatic rings. The number of carboxylic acid groups (broad SMARTS) is 1. The van der Waals surface area contributed by atoms with Gasteiger partial charge in [-0.3, -0.25) is 4.79 Å². The summed E-state index contributed by atoms with van der Waals surface area (Å²) in [6, 6.07) is 0. The minimum absolute atomic E-state index is 0.287. The normalized spacial score (nSPS) is 13.9. The van der Waals surface area contributed by atoms with Crippen LogP contribution in [0.3, 0.4) is 0 Å². The largest absolute Gasteiger partial charge is 0.481 e. The molecule has 6 nitrogen and oxygen atoms in total. The SMILES string of the molecule is CCc1nnc(NCC(C)(CC)C(=O)O)nc1CC. The number of nitrogens with zero attached hydrogens (tertiary/aromatic N) is 3. The van der Waals surface area contributed by atoms with Crippen LogP contribution in [0.2, 0.25) is 0 Å². The predicted octanol–water partition coefficient (Wildman–Crippen LogP) is 1.91. The first-order valence-electron chi connectivity index (χ1n) is 6.66. The summed E-state index contributed by atoms with van der Waals surface area (Å²) in [5, 5.41) is 20.3. The molecule has 0 bridgehead atoms. The highest BCUT2D eigenvalue weighted by Gasteiger charge is 2.31. The Labute approximate surface area is 113 Å². The third-order valence-electron chi connectivity index (χ3n) is 3.44. The Morgan fingerprint density at radius 2 is 1.84 bits per heavy atom. The van der Waals surface area contributed by atoms with Crippen molar-refractivity contribution in [3.05, 3.63) is 11.4 Å². The van der Waals surface area contributed by atoms with Crippen LogP contribution in [0.15, 0.2) is 0 Å². The van der Waals surface area contributed by atoms with Gasteiger partial charge in [0.1, 0.15) is 0 Å². The Hall–Kier alpha value is -1.72. The van der Waals surface area contributed by atoms with E-state index in [-0.39, 0.29) is 6.54 Å². The third-order valence-corrected chi connectivity index (χ3v) is 3.44. The quantitative estimate of drug-likeness (QED) is 0.783. The average Bonchev–Trinajstić information content (AvgIpc) is 2.43. The van der Waals surface area contributed by atoms with Crippen LogP contribution in [0.4, 0.5) is 5.95 Å². The zero-order chi connectivity index (χ0) is 14.5. The van der Waals surface area contributed by atoms with E-state index in [0.29, 0.717) is 12.4 Å². The van der Waals surface area contributed by atoms with E-state index in [1.807, 2.05) is 20.8 Å². The maximum atomic E-state index is 11.2. The van der Waals surface area contributed by atoms with Crippen molar-refractivity contribution in [2.45, 2.75) is 47.0 Å². The van der Waals surface area contributed by atoms with Crippen LogP contribution in [0.5, 0.6) is 0 Å². The third kappa shape index (κ3) is 3.62. The van der Waals surface area contributed by atoms with Gasteiger partial charge in [-0.15, -0.1) is 5.10 Å². The molecule has 0 aromatic carbocycles. The van der Waals surface area contributed by atoms with Gasteiger partial charge < -0.3 is 10.4 Å². The molecule has 106 valence electrons. The number of aromatic nitrogens is 3. The van der Waals surface area contributed by atoms with E-state index in [9.17, 15) is 9.90 Å². The van der Waals surface area contributed by atoms with E-state index in [1.165, 1.54) is 0 Å². The molecule has 19 heavy (non-hydrogen) atoms. The average molecular weight is 266 g/mol. The summed E-state index contributed by atoms with van der Waals surface area (Å²) in [4.78, 5) is 15.6. The molecular formula is C13H22N4O2. The second-order valence-electron chi connectivity index (χ2n) is 4.81. The minimum Gasteiger partial charge on any atom is -0.481 e. The minimum atomic E-state index is -0.823. The van der Waals surface area contributed by atoms with Crippen LogP contribution in [0, 0.1) is 5.41 Å². The monoisotopic (exact) mass is 266 g/mol. The van der Waals surface area contributed by atoms with Crippen molar-refractivity contribution in [1.29, 1.82) is 0 Å². The smallest absolute Gasteiger partial charge is 0.311 e. The van der Waals surface area contributed by atoms with Crippen molar-refractivity contribution >= 4 is 11.9 Å². The van der Waals surface area contributed by atoms with Crippen molar-refractivity contribution < 1.29 is 9.90 Å². The van der Waals surface area contributed by atoms with Crippen LogP contribution < -0.4 is 5.32 Å². The van der Waals surface area contributed by atoms with E-state index in [0.717, 1.165) is 24.2 Å². The number of hydrogen-bond acceptors (Lipinski definition) is 5. The van der Waals surface area contributed by atoms with Crippen molar-refractivity contribution in [1.82, 2.24) is 15.2 Å². The maximum Gasteiger partial charge on any atom is 0.311 e. The van der Waals surface area contributed by atoms with Crippen LogP contribution in [0.1, 0.15) is 45.5 Å². The summed E-state index contributed by atoms with van der Waals surface area (Å²) in [6.07, 6.45) is 2.12. The fourth-order valence-electron chi connectivity index (χ4n) is 1.64. The number of hydrogen-bond donors (Lipinski definition) is 2. The topological polar surface area (TPSA) is 88.0 Å². The van der Waals surface area contributed by atoms with E-state index in [4.69, 9.17) is 0 Å². The van der Waals surface area contributed by atoms with E-state index >= 15 is 0 Å². The number of nitrogens with one attached hydrogen (secondary N) is 1. The molecule has 0 spiro atoms. The van der Waals surface area contributed by atoms with Crippen molar-refractivity contribution in [3.8, 4) is 0 Å². The molecule has 0 saturated carbocycles. The zero-order valence-corrected chi connectivity index (χ0v) is 12.0. The van der Waals surface area contributed by atoms with Gasteiger partial charge in [0.2, 0.25) is 5.95 Å². The van der Waals surface area contributed by atoms with E-state index in [1.54, 1.807) is 6.92 Å². The molecule has 1 aromatic rings. The van der Waals surface area contributed by atoms with Gasteiger partial charge >= 0.3 is 5.97 Å². The number of aliphatic carboxylic acids is 1. The van der Waals surface area contributed by atoms with Crippen LogP contribution in [-0.2, 0) is 17.6 Å². The number of aryl methyl sites for hydroxylation is 2. The first-order chi connectivity index (χ1) is 8.96. The van der Waals surface area contributed by atoms with Crippen molar-refractivity contribution in [3.63, 3.8) is 0 Å². The fraction of sp³-hybridized carbons (Fsp3) is 0.692. The van der Waals surface area contributed by atoms with Gasteiger partial charge in [-0.2, -0.15) is 5.10 Å². The standard InChI is InChI=1S/C13H22N4O2/c1-5-9-10(6-2)16-17-12(15-9)14-8-13(4,7-3)11(18)19/h5-8H2,1-4H3,(H,18,19)(H,14,15,17). The molecule has 2 N–H and O–H groups in total. The number of carboxylic acids is 1. The van der Waals surface area contributed by atoms with Crippen LogP contribution >= 0.6 is 0 Å². The Morgan fingerprint density at radius 3 is 2.32 bits per heavy atom. The Kier molecular flexibility index (Phi) is 5.20.